The van der Waals surface area contributed by atoms with Gasteiger partial charge in [0, 0.05) is 26.8 Å². The largest absolute Gasteiger partial charge is 0.465 e. The van der Waals surface area contributed by atoms with Crippen LogP contribution in [-0.2, 0) is 16.0 Å². The van der Waals surface area contributed by atoms with Crippen molar-refractivity contribution >= 4 is 35.9 Å². The van der Waals surface area contributed by atoms with Crippen LogP contribution in [0.3, 0.4) is 0 Å². The standard InChI is InChI=1S/C17H27N3O4.HI/c1-12-15(16(21)22-3)9-14(24-12)10-20-17(18-2)19-7-4-8-23-11-13-5-6-13;/h9,13H,4-8,10-11H2,1-3H3,(H2,18,19,20);1H. The summed E-state index contributed by atoms with van der Waals surface area (Å²) in [5, 5.41) is 6.38. The Hall–Kier alpha value is -1.29. The molecule has 142 valence electrons. The van der Waals surface area contributed by atoms with Crippen LogP contribution in [0.5, 0.6) is 0 Å². The third-order valence-electron chi connectivity index (χ3n) is 3.84. The first-order valence-electron chi connectivity index (χ1n) is 8.34. The van der Waals surface area contributed by atoms with Gasteiger partial charge in [-0.1, -0.05) is 0 Å². The summed E-state index contributed by atoms with van der Waals surface area (Å²) < 4.78 is 15.9. The molecule has 0 saturated heterocycles. The maximum absolute atomic E-state index is 11.6. The van der Waals surface area contributed by atoms with Gasteiger partial charge in [-0.05, 0) is 38.2 Å². The number of carbonyl (C=O) groups excluding carboxylic acids is 1. The van der Waals surface area contributed by atoms with Gasteiger partial charge < -0.3 is 24.5 Å². The zero-order chi connectivity index (χ0) is 17.4. The molecular weight excluding hydrogens is 437 g/mol. The highest BCUT2D eigenvalue weighted by Gasteiger charge is 2.20. The van der Waals surface area contributed by atoms with Crippen molar-refractivity contribution in [3.05, 3.63) is 23.2 Å². The number of rotatable bonds is 9. The number of carbonyl (C=O) groups is 1. The summed E-state index contributed by atoms with van der Waals surface area (Å²) in [5.41, 5.74) is 0.449. The predicted molar refractivity (Wildman–Crippen MR) is 107 cm³/mol. The number of ether oxygens (including phenoxy) is 2. The predicted octanol–water partition coefficient (Wildman–Crippen LogP) is 2.47. The lowest BCUT2D eigenvalue weighted by Gasteiger charge is -2.11. The summed E-state index contributed by atoms with van der Waals surface area (Å²) >= 11 is 0. The number of aryl methyl sites for hydroxylation is 1. The summed E-state index contributed by atoms with van der Waals surface area (Å²) in [6, 6.07) is 1.69. The molecule has 0 aliphatic heterocycles. The second kappa shape index (κ2) is 11.3. The van der Waals surface area contributed by atoms with Gasteiger partial charge in [0.1, 0.15) is 17.1 Å². The highest BCUT2D eigenvalue weighted by molar-refractivity contribution is 14.0. The van der Waals surface area contributed by atoms with E-state index in [0.717, 1.165) is 32.1 Å². The summed E-state index contributed by atoms with van der Waals surface area (Å²) in [6.45, 7) is 4.63. The molecule has 0 radical (unpaired) electrons. The Labute approximate surface area is 165 Å². The maximum atomic E-state index is 11.6. The number of furan rings is 1. The molecule has 0 spiro atoms. The van der Waals surface area contributed by atoms with E-state index in [2.05, 4.69) is 15.6 Å². The Kier molecular flexibility index (Phi) is 9.88. The zero-order valence-electron chi connectivity index (χ0n) is 15.1. The molecule has 25 heavy (non-hydrogen) atoms. The second-order valence-electron chi connectivity index (χ2n) is 5.90. The molecule has 1 saturated carbocycles. The number of nitrogens with zero attached hydrogens (tertiary/aromatic N) is 1. The number of hydrogen-bond acceptors (Lipinski definition) is 5. The Balaban J connectivity index is 0.00000312. The minimum absolute atomic E-state index is 0. The van der Waals surface area contributed by atoms with E-state index in [1.807, 2.05) is 0 Å². The van der Waals surface area contributed by atoms with E-state index in [-0.39, 0.29) is 24.0 Å². The van der Waals surface area contributed by atoms with Gasteiger partial charge in [0.05, 0.1) is 13.7 Å². The Morgan fingerprint density at radius 1 is 1.40 bits per heavy atom. The normalized spacial score (nSPS) is 14.0. The van der Waals surface area contributed by atoms with Crippen molar-refractivity contribution < 1.29 is 18.7 Å². The SMILES string of the molecule is CN=C(NCCCOCC1CC1)NCc1cc(C(=O)OC)c(C)o1.I. The number of methoxy groups -OCH3 is 1. The van der Waals surface area contributed by atoms with Crippen LogP contribution in [0.1, 0.15) is 41.1 Å². The van der Waals surface area contributed by atoms with Crippen LogP contribution >= 0.6 is 24.0 Å². The fourth-order valence-corrected chi connectivity index (χ4v) is 2.25. The zero-order valence-corrected chi connectivity index (χ0v) is 17.4. The molecular formula is C17H28IN3O4. The van der Waals surface area contributed by atoms with Gasteiger partial charge in [0.25, 0.3) is 0 Å². The number of halogens is 1. The third-order valence-corrected chi connectivity index (χ3v) is 3.84. The maximum Gasteiger partial charge on any atom is 0.341 e. The average molecular weight is 465 g/mol. The molecule has 2 N–H and O–H groups in total. The van der Waals surface area contributed by atoms with Crippen molar-refractivity contribution in [2.45, 2.75) is 32.7 Å². The van der Waals surface area contributed by atoms with Crippen molar-refractivity contribution in [1.82, 2.24) is 10.6 Å². The fourth-order valence-electron chi connectivity index (χ4n) is 2.25. The van der Waals surface area contributed by atoms with Crippen LogP contribution in [0.4, 0.5) is 0 Å². The molecule has 1 heterocycles. The van der Waals surface area contributed by atoms with E-state index in [0.29, 0.717) is 29.6 Å². The topological polar surface area (TPSA) is 85.1 Å². The fraction of sp³-hybridized carbons (Fsp3) is 0.647. The van der Waals surface area contributed by atoms with E-state index < -0.39 is 5.97 Å². The van der Waals surface area contributed by atoms with Crippen LogP contribution < -0.4 is 10.6 Å². The lowest BCUT2D eigenvalue weighted by molar-refractivity contribution is 0.0599. The highest BCUT2D eigenvalue weighted by atomic mass is 127. The van der Waals surface area contributed by atoms with Crippen LogP contribution in [0.2, 0.25) is 0 Å². The first kappa shape index (κ1) is 21.8. The lowest BCUT2D eigenvalue weighted by Crippen LogP contribution is -2.37. The minimum atomic E-state index is -0.392. The summed E-state index contributed by atoms with van der Waals surface area (Å²) in [6.07, 6.45) is 3.57. The summed E-state index contributed by atoms with van der Waals surface area (Å²) in [4.78, 5) is 15.7. The Morgan fingerprint density at radius 2 is 2.16 bits per heavy atom. The van der Waals surface area contributed by atoms with E-state index in [4.69, 9.17) is 13.9 Å². The second-order valence-corrected chi connectivity index (χ2v) is 5.90. The smallest absolute Gasteiger partial charge is 0.341 e. The van der Waals surface area contributed by atoms with Crippen molar-refractivity contribution in [3.8, 4) is 0 Å². The molecule has 1 aliphatic rings. The van der Waals surface area contributed by atoms with Gasteiger partial charge in [-0.3, -0.25) is 4.99 Å². The monoisotopic (exact) mass is 465 g/mol. The van der Waals surface area contributed by atoms with Gasteiger partial charge in [-0.15, -0.1) is 24.0 Å². The molecule has 8 heteroatoms. The van der Waals surface area contributed by atoms with Crippen molar-refractivity contribution in [2.75, 3.05) is 33.9 Å². The molecule has 1 aliphatic carbocycles. The molecule has 0 unspecified atom stereocenters. The molecule has 1 aromatic heterocycles. The molecule has 1 fully saturated rings. The first-order valence-corrected chi connectivity index (χ1v) is 8.34. The Morgan fingerprint density at radius 3 is 2.80 bits per heavy atom. The van der Waals surface area contributed by atoms with E-state index in [9.17, 15) is 4.79 Å². The molecule has 0 aromatic carbocycles. The van der Waals surface area contributed by atoms with Crippen LogP contribution in [0, 0.1) is 12.8 Å². The van der Waals surface area contributed by atoms with Gasteiger partial charge >= 0.3 is 5.97 Å². The van der Waals surface area contributed by atoms with Gasteiger partial charge in [-0.25, -0.2) is 4.79 Å². The molecule has 0 amide bonds. The van der Waals surface area contributed by atoms with Crippen LogP contribution in [-0.4, -0.2) is 45.8 Å². The quantitative estimate of drug-likeness (QED) is 0.192. The molecule has 2 rings (SSSR count). The van der Waals surface area contributed by atoms with Crippen molar-refractivity contribution in [2.24, 2.45) is 10.9 Å². The number of nitrogens with one attached hydrogen (secondary N) is 2. The molecule has 0 bridgehead atoms. The molecule has 7 nitrogen and oxygen atoms in total. The van der Waals surface area contributed by atoms with E-state index in [1.54, 1.807) is 20.0 Å². The van der Waals surface area contributed by atoms with E-state index >= 15 is 0 Å². The van der Waals surface area contributed by atoms with E-state index in [1.165, 1.54) is 20.0 Å². The van der Waals surface area contributed by atoms with Gasteiger partial charge in [0.2, 0.25) is 0 Å². The van der Waals surface area contributed by atoms with Gasteiger partial charge in [-0.2, -0.15) is 0 Å². The Bertz CT molecular complexity index is 570. The number of aliphatic imine (C=N–C) groups is 1. The van der Waals surface area contributed by atoms with Gasteiger partial charge in [0.15, 0.2) is 5.96 Å². The first-order chi connectivity index (χ1) is 11.6. The van der Waals surface area contributed by atoms with Crippen LogP contribution in [0.15, 0.2) is 15.5 Å². The van der Waals surface area contributed by atoms with Crippen molar-refractivity contribution in [1.29, 1.82) is 0 Å². The number of guanidine groups is 1. The number of hydrogen-bond donors (Lipinski definition) is 2. The third kappa shape index (κ3) is 7.64. The molecule has 1 aromatic rings. The lowest BCUT2D eigenvalue weighted by atomic mass is 10.2. The minimum Gasteiger partial charge on any atom is -0.465 e. The molecule has 0 atom stereocenters. The highest BCUT2D eigenvalue weighted by Crippen LogP contribution is 2.28. The number of esters is 1. The van der Waals surface area contributed by atoms with Crippen molar-refractivity contribution in [3.63, 3.8) is 0 Å². The summed E-state index contributed by atoms with van der Waals surface area (Å²) in [5.74, 6) is 2.30. The van der Waals surface area contributed by atoms with Crippen LogP contribution in [0.25, 0.3) is 0 Å². The summed E-state index contributed by atoms with van der Waals surface area (Å²) in [7, 11) is 3.07. The average Bonchev–Trinajstić information content (AvgIpc) is 3.34.